The molecule has 0 aliphatic carbocycles. The first-order chi connectivity index (χ1) is 9.09. The molecule has 1 aromatic carbocycles. The van der Waals surface area contributed by atoms with Gasteiger partial charge in [-0.15, -0.1) is 0 Å². The van der Waals surface area contributed by atoms with Gasteiger partial charge in [0, 0.05) is 18.7 Å². The highest BCUT2D eigenvalue weighted by molar-refractivity contribution is 5.94. The SMILES string of the molecule is Cc1cc(C(=O)N(C)C2CCCNCC2)ccc1F. The van der Waals surface area contributed by atoms with Gasteiger partial charge in [-0.05, 0) is 63.0 Å². The summed E-state index contributed by atoms with van der Waals surface area (Å²) in [6.45, 7) is 3.65. The van der Waals surface area contributed by atoms with Crippen LogP contribution in [0.3, 0.4) is 0 Å². The Morgan fingerprint density at radius 2 is 2.16 bits per heavy atom. The lowest BCUT2D eigenvalue weighted by molar-refractivity contribution is 0.0720. The van der Waals surface area contributed by atoms with Crippen LogP contribution < -0.4 is 5.32 Å². The van der Waals surface area contributed by atoms with Crippen LogP contribution in [0.2, 0.25) is 0 Å². The average molecular weight is 264 g/mol. The fourth-order valence-corrected chi connectivity index (χ4v) is 2.54. The molecule has 1 aromatic rings. The lowest BCUT2D eigenvalue weighted by Gasteiger charge is -2.27. The van der Waals surface area contributed by atoms with Crippen molar-refractivity contribution < 1.29 is 9.18 Å². The van der Waals surface area contributed by atoms with Gasteiger partial charge >= 0.3 is 0 Å². The van der Waals surface area contributed by atoms with Crippen molar-refractivity contribution in [1.82, 2.24) is 10.2 Å². The Balaban J connectivity index is 2.10. The molecule has 1 fully saturated rings. The summed E-state index contributed by atoms with van der Waals surface area (Å²) in [6.07, 6.45) is 3.09. The smallest absolute Gasteiger partial charge is 0.253 e. The van der Waals surface area contributed by atoms with Crippen molar-refractivity contribution in [2.45, 2.75) is 32.2 Å². The maximum absolute atomic E-state index is 13.2. The lowest BCUT2D eigenvalue weighted by Crippen LogP contribution is -2.37. The normalized spacial score (nSPS) is 19.8. The van der Waals surface area contributed by atoms with Gasteiger partial charge < -0.3 is 10.2 Å². The van der Waals surface area contributed by atoms with Gasteiger partial charge in [0.1, 0.15) is 5.82 Å². The molecule has 0 saturated carbocycles. The third-order valence-electron chi connectivity index (χ3n) is 3.82. The Bertz CT molecular complexity index is 453. The van der Waals surface area contributed by atoms with Gasteiger partial charge in [-0.2, -0.15) is 0 Å². The van der Waals surface area contributed by atoms with Crippen molar-refractivity contribution in [3.8, 4) is 0 Å². The molecule has 19 heavy (non-hydrogen) atoms. The first-order valence-electron chi connectivity index (χ1n) is 6.83. The lowest BCUT2D eigenvalue weighted by atomic mass is 10.1. The van der Waals surface area contributed by atoms with Gasteiger partial charge in [-0.25, -0.2) is 4.39 Å². The highest BCUT2D eigenvalue weighted by Crippen LogP contribution is 2.16. The molecule has 0 spiro atoms. The van der Waals surface area contributed by atoms with E-state index in [1.807, 2.05) is 7.05 Å². The Kier molecular flexibility index (Phi) is 4.53. The molecule has 1 amide bonds. The molecule has 104 valence electrons. The van der Waals surface area contributed by atoms with E-state index in [2.05, 4.69) is 5.32 Å². The molecular formula is C15H21FN2O. The third-order valence-corrected chi connectivity index (χ3v) is 3.82. The number of nitrogens with one attached hydrogen (secondary N) is 1. The van der Waals surface area contributed by atoms with E-state index in [1.54, 1.807) is 24.0 Å². The van der Waals surface area contributed by atoms with Gasteiger partial charge in [-0.3, -0.25) is 4.79 Å². The first-order valence-corrected chi connectivity index (χ1v) is 6.83. The zero-order valence-electron chi connectivity index (χ0n) is 11.6. The van der Waals surface area contributed by atoms with E-state index >= 15 is 0 Å². The van der Waals surface area contributed by atoms with Crippen molar-refractivity contribution >= 4 is 5.91 Å². The second-order valence-electron chi connectivity index (χ2n) is 5.21. The van der Waals surface area contributed by atoms with Crippen LogP contribution in [-0.4, -0.2) is 37.0 Å². The molecule has 0 aromatic heterocycles. The van der Waals surface area contributed by atoms with Gasteiger partial charge in [0.25, 0.3) is 5.91 Å². The van der Waals surface area contributed by atoms with Crippen LogP contribution in [0.4, 0.5) is 4.39 Å². The first kappa shape index (κ1) is 14.0. The number of nitrogens with zero attached hydrogens (tertiary/aromatic N) is 1. The number of rotatable bonds is 2. The van der Waals surface area contributed by atoms with Crippen LogP contribution in [-0.2, 0) is 0 Å². The Morgan fingerprint density at radius 1 is 1.37 bits per heavy atom. The summed E-state index contributed by atoms with van der Waals surface area (Å²) in [7, 11) is 1.84. The van der Waals surface area contributed by atoms with Crippen LogP contribution >= 0.6 is 0 Å². The number of hydrogen-bond acceptors (Lipinski definition) is 2. The predicted molar refractivity (Wildman–Crippen MR) is 73.7 cm³/mol. The highest BCUT2D eigenvalue weighted by atomic mass is 19.1. The Hall–Kier alpha value is -1.42. The average Bonchev–Trinajstić information content (AvgIpc) is 2.69. The number of hydrogen-bond donors (Lipinski definition) is 1. The summed E-state index contributed by atoms with van der Waals surface area (Å²) < 4.78 is 13.2. The van der Waals surface area contributed by atoms with Gasteiger partial charge in [0.15, 0.2) is 0 Å². The van der Waals surface area contributed by atoms with Crippen molar-refractivity contribution in [2.24, 2.45) is 0 Å². The minimum atomic E-state index is -0.266. The van der Waals surface area contributed by atoms with Crippen molar-refractivity contribution in [3.63, 3.8) is 0 Å². The van der Waals surface area contributed by atoms with E-state index in [9.17, 15) is 9.18 Å². The number of amides is 1. The van der Waals surface area contributed by atoms with E-state index in [0.717, 1.165) is 32.4 Å². The maximum Gasteiger partial charge on any atom is 0.253 e. The molecular weight excluding hydrogens is 243 g/mol. The molecule has 2 rings (SSSR count). The molecule has 0 radical (unpaired) electrons. The number of aryl methyl sites for hydroxylation is 1. The van der Waals surface area contributed by atoms with Crippen LogP contribution in [0.5, 0.6) is 0 Å². The topological polar surface area (TPSA) is 32.3 Å². The van der Waals surface area contributed by atoms with Crippen LogP contribution in [0, 0.1) is 12.7 Å². The zero-order valence-corrected chi connectivity index (χ0v) is 11.6. The fraction of sp³-hybridized carbons (Fsp3) is 0.533. The minimum absolute atomic E-state index is 0.0185. The third kappa shape index (κ3) is 3.32. The summed E-state index contributed by atoms with van der Waals surface area (Å²) in [5.74, 6) is -0.284. The standard InChI is InChI=1S/C15H21FN2O/c1-11-10-12(5-6-14(11)16)15(19)18(2)13-4-3-8-17-9-7-13/h5-6,10,13,17H,3-4,7-9H2,1-2H3. The second-order valence-corrected chi connectivity index (χ2v) is 5.21. The molecule has 1 saturated heterocycles. The quantitative estimate of drug-likeness (QED) is 0.889. The number of halogens is 1. The van der Waals surface area contributed by atoms with E-state index in [1.165, 1.54) is 6.07 Å². The molecule has 1 unspecified atom stereocenters. The summed E-state index contributed by atoms with van der Waals surface area (Å²) >= 11 is 0. The summed E-state index contributed by atoms with van der Waals surface area (Å²) in [4.78, 5) is 14.2. The van der Waals surface area contributed by atoms with Crippen molar-refractivity contribution in [2.75, 3.05) is 20.1 Å². The van der Waals surface area contributed by atoms with Crippen LogP contribution in [0.25, 0.3) is 0 Å². The Morgan fingerprint density at radius 3 is 2.89 bits per heavy atom. The van der Waals surface area contributed by atoms with E-state index < -0.39 is 0 Å². The van der Waals surface area contributed by atoms with Gasteiger partial charge in [0.05, 0.1) is 0 Å². The molecule has 1 atom stereocenters. The van der Waals surface area contributed by atoms with Gasteiger partial charge in [-0.1, -0.05) is 0 Å². The Labute approximate surface area is 113 Å². The summed E-state index contributed by atoms with van der Waals surface area (Å²) in [5, 5.41) is 3.34. The molecule has 3 nitrogen and oxygen atoms in total. The summed E-state index contributed by atoms with van der Waals surface area (Å²) in [5.41, 5.74) is 1.08. The van der Waals surface area contributed by atoms with Crippen molar-refractivity contribution in [3.05, 3.63) is 35.1 Å². The molecule has 1 N–H and O–H groups in total. The maximum atomic E-state index is 13.2. The van der Waals surface area contributed by atoms with Crippen LogP contribution in [0.1, 0.15) is 35.2 Å². The summed E-state index contributed by atoms with van der Waals surface area (Å²) in [6, 6.07) is 4.83. The number of carbonyl (C=O) groups is 1. The van der Waals surface area contributed by atoms with Crippen molar-refractivity contribution in [1.29, 1.82) is 0 Å². The van der Waals surface area contributed by atoms with E-state index in [4.69, 9.17) is 0 Å². The van der Waals surface area contributed by atoms with Gasteiger partial charge in [0.2, 0.25) is 0 Å². The molecule has 1 heterocycles. The van der Waals surface area contributed by atoms with Crippen LogP contribution in [0.15, 0.2) is 18.2 Å². The predicted octanol–water partition coefficient (Wildman–Crippen LogP) is 2.35. The number of carbonyl (C=O) groups excluding carboxylic acids is 1. The molecule has 0 bridgehead atoms. The largest absolute Gasteiger partial charge is 0.339 e. The molecule has 4 heteroatoms. The molecule has 1 aliphatic heterocycles. The number of benzene rings is 1. The minimum Gasteiger partial charge on any atom is -0.339 e. The fourth-order valence-electron chi connectivity index (χ4n) is 2.54. The van der Waals surface area contributed by atoms with E-state index in [0.29, 0.717) is 11.1 Å². The van der Waals surface area contributed by atoms with E-state index in [-0.39, 0.29) is 17.8 Å². The second kappa shape index (κ2) is 6.15. The monoisotopic (exact) mass is 264 g/mol. The highest BCUT2D eigenvalue weighted by Gasteiger charge is 2.22. The molecule has 1 aliphatic rings. The zero-order chi connectivity index (χ0) is 13.8.